The number of imidazole rings is 1. The number of fused-ring (bicyclic) bond motifs is 1. The Morgan fingerprint density at radius 1 is 1.09 bits per heavy atom. The molecule has 2 aromatic heterocycles. The third kappa shape index (κ3) is 6.72. The minimum absolute atomic E-state index is 0.223. The Balaban J connectivity index is 1.08. The Kier molecular flexibility index (Phi) is 8.40. The minimum Gasteiger partial charge on any atom is -0.488 e. The van der Waals surface area contributed by atoms with E-state index < -0.39 is 5.97 Å². The highest BCUT2D eigenvalue weighted by Crippen LogP contribution is 2.27. The van der Waals surface area contributed by atoms with E-state index >= 15 is 0 Å². The molecule has 218 valence electrons. The number of nitrogens with zero attached hydrogens (tertiary/aromatic N) is 5. The molecule has 6 rings (SSSR count). The SMILES string of the molecule is N#Cc1cc(Cl)ccc1OCc1cccc(CC2CCN(Cc3nc4ccc(C(=O)O)cc4n3Cc3ncco3)CC2)c1. The highest BCUT2D eigenvalue weighted by Gasteiger charge is 2.23. The lowest BCUT2D eigenvalue weighted by Crippen LogP contribution is -2.34. The highest BCUT2D eigenvalue weighted by molar-refractivity contribution is 6.30. The maximum Gasteiger partial charge on any atom is 0.335 e. The van der Waals surface area contributed by atoms with Crippen molar-refractivity contribution in [1.29, 1.82) is 5.26 Å². The summed E-state index contributed by atoms with van der Waals surface area (Å²) < 4.78 is 13.4. The summed E-state index contributed by atoms with van der Waals surface area (Å²) in [6, 6.07) is 20.7. The van der Waals surface area contributed by atoms with Gasteiger partial charge in [0.25, 0.3) is 0 Å². The molecule has 3 aromatic carbocycles. The highest BCUT2D eigenvalue weighted by atomic mass is 35.5. The summed E-state index contributed by atoms with van der Waals surface area (Å²) in [7, 11) is 0. The number of hydrogen-bond acceptors (Lipinski definition) is 7. The second kappa shape index (κ2) is 12.7. The van der Waals surface area contributed by atoms with E-state index in [9.17, 15) is 15.2 Å². The number of oxazole rings is 1. The quantitative estimate of drug-likeness (QED) is 0.199. The maximum atomic E-state index is 11.6. The van der Waals surface area contributed by atoms with Crippen LogP contribution in [0.15, 0.2) is 77.5 Å². The molecule has 9 nitrogen and oxygen atoms in total. The summed E-state index contributed by atoms with van der Waals surface area (Å²) in [4.78, 5) is 23.1. The predicted octanol–water partition coefficient (Wildman–Crippen LogP) is 6.33. The van der Waals surface area contributed by atoms with Crippen LogP contribution in [0, 0.1) is 17.2 Å². The summed E-state index contributed by atoms with van der Waals surface area (Å²) in [5.74, 6) is 1.54. The molecule has 1 aliphatic rings. The fourth-order valence-electron chi connectivity index (χ4n) is 5.67. The number of hydrogen-bond donors (Lipinski definition) is 1. The lowest BCUT2D eigenvalue weighted by atomic mass is 9.89. The molecule has 0 atom stereocenters. The number of carboxylic acid groups (broad SMARTS) is 1. The van der Waals surface area contributed by atoms with Gasteiger partial charge < -0.3 is 18.8 Å². The summed E-state index contributed by atoms with van der Waals surface area (Å²) >= 11 is 6.00. The van der Waals surface area contributed by atoms with E-state index in [1.54, 1.807) is 42.6 Å². The van der Waals surface area contributed by atoms with E-state index in [1.807, 2.05) is 10.6 Å². The van der Waals surface area contributed by atoms with Gasteiger partial charge in [-0.15, -0.1) is 0 Å². The Bertz CT molecular complexity index is 1790. The van der Waals surface area contributed by atoms with E-state index in [0.717, 1.165) is 54.8 Å². The van der Waals surface area contributed by atoms with Crippen LogP contribution in [0.1, 0.15) is 51.6 Å². The Morgan fingerprint density at radius 2 is 1.93 bits per heavy atom. The van der Waals surface area contributed by atoms with Gasteiger partial charge in [0.15, 0.2) is 0 Å². The molecule has 0 radical (unpaired) electrons. The average Bonchev–Trinajstić information content (AvgIpc) is 3.65. The van der Waals surface area contributed by atoms with Crippen LogP contribution in [-0.4, -0.2) is 43.6 Å². The number of piperidine rings is 1. The van der Waals surface area contributed by atoms with Gasteiger partial charge in [-0.05, 0) is 85.8 Å². The molecule has 0 amide bonds. The van der Waals surface area contributed by atoms with Crippen molar-refractivity contribution < 1.29 is 19.1 Å². The molecule has 0 bridgehead atoms. The van der Waals surface area contributed by atoms with Crippen LogP contribution in [-0.2, 0) is 26.1 Å². The molecule has 1 aliphatic heterocycles. The fraction of sp³-hybridized carbons (Fsp3) is 0.273. The number of aromatic carboxylic acids is 1. The number of benzene rings is 3. The van der Waals surface area contributed by atoms with Crippen LogP contribution in [0.3, 0.4) is 0 Å². The molecular weight excluding hydrogens is 566 g/mol. The van der Waals surface area contributed by atoms with Crippen molar-refractivity contribution in [2.24, 2.45) is 5.92 Å². The minimum atomic E-state index is -0.970. The zero-order valence-electron chi connectivity index (χ0n) is 23.4. The van der Waals surface area contributed by atoms with Crippen molar-refractivity contribution in [3.63, 3.8) is 0 Å². The van der Waals surface area contributed by atoms with Crippen LogP contribution in [0.5, 0.6) is 5.75 Å². The average molecular weight is 596 g/mol. The molecule has 0 aliphatic carbocycles. The first-order chi connectivity index (χ1) is 20.9. The van der Waals surface area contributed by atoms with Crippen LogP contribution in [0.25, 0.3) is 11.0 Å². The zero-order chi connectivity index (χ0) is 29.8. The van der Waals surface area contributed by atoms with E-state index in [2.05, 4.69) is 34.2 Å². The van der Waals surface area contributed by atoms with Gasteiger partial charge in [-0.2, -0.15) is 5.26 Å². The van der Waals surface area contributed by atoms with Gasteiger partial charge in [0, 0.05) is 5.02 Å². The number of halogens is 1. The molecule has 43 heavy (non-hydrogen) atoms. The van der Waals surface area contributed by atoms with Crippen LogP contribution >= 0.6 is 11.6 Å². The van der Waals surface area contributed by atoms with Gasteiger partial charge in [-0.3, -0.25) is 4.90 Å². The normalized spacial score (nSPS) is 14.1. The summed E-state index contributed by atoms with van der Waals surface area (Å²) in [6.45, 7) is 3.32. The van der Waals surface area contributed by atoms with Crippen LogP contribution in [0.4, 0.5) is 0 Å². The molecule has 5 aromatic rings. The Morgan fingerprint density at radius 3 is 2.70 bits per heavy atom. The first-order valence-electron chi connectivity index (χ1n) is 14.2. The molecule has 0 unspecified atom stereocenters. The van der Waals surface area contributed by atoms with Gasteiger partial charge >= 0.3 is 5.97 Å². The standard InChI is InChI=1S/C33H30ClN5O4/c34-27-5-7-30(26(16-27)18-35)43-21-24-3-1-2-23(15-24)14-22-8-11-38(12-9-22)19-31-37-28-6-4-25(33(40)41)17-29(28)39(31)20-32-36-10-13-42-32/h1-7,10,13,15-17,22H,8-9,11-12,14,19-21H2,(H,40,41). The lowest BCUT2D eigenvalue weighted by Gasteiger charge is -2.32. The van der Waals surface area contributed by atoms with E-state index in [4.69, 9.17) is 25.7 Å². The van der Waals surface area contributed by atoms with Crippen molar-refractivity contribution in [2.75, 3.05) is 13.1 Å². The summed E-state index contributed by atoms with van der Waals surface area (Å²) in [6.07, 6.45) is 6.27. The van der Waals surface area contributed by atoms with Gasteiger partial charge in [-0.1, -0.05) is 35.9 Å². The zero-order valence-corrected chi connectivity index (χ0v) is 24.2. The lowest BCUT2D eigenvalue weighted by molar-refractivity contribution is 0.0697. The van der Waals surface area contributed by atoms with Gasteiger partial charge in [0.05, 0.1) is 34.9 Å². The third-order valence-corrected chi connectivity index (χ3v) is 8.13. The van der Waals surface area contributed by atoms with Crippen molar-refractivity contribution >= 4 is 28.6 Å². The van der Waals surface area contributed by atoms with Crippen molar-refractivity contribution in [1.82, 2.24) is 19.4 Å². The van der Waals surface area contributed by atoms with Crippen LogP contribution in [0.2, 0.25) is 5.02 Å². The number of nitriles is 1. The van der Waals surface area contributed by atoms with Gasteiger partial charge in [0.2, 0.25) is 5.89 Å². The number of carbonyl (C=O) groups is 1. The Labute approximate surface area is 253 Å². The second-order valence-corrected chi connectivity index (χ2v) is 11.3. The number of likely N-dealkylation sites (tertiary alicyclic amines) is 1. The van der Waals surface area contributed by atoms with Gasteiger partial charge in [0.1, 0.15) is 37.1 Å². The predicted molar refractivity (Wildman–Crippen MR) is 161 cm³/mol. The number of aromatic nitrogens is 3. The maximum absolute atomic E-state index is 11.6. The molecule has 3 heterocycles. The number of carboxylic acids is 1. The molecule has 0 spiro atoms. The molecule has 1 fully saturated rings. The second-order valence-electron chi connectivity index (χ2n) is 10.8. The van der Waals surface area contributed by atoms with E-state index in [1.165, 1.54) is 11.8 Å². The first kappa shape index (κ1) is 28.5. The van der Waals surface area contributed by atoms with E-state index in [-0.39, 0.29) is 5.56 Å². The van der Waals surface area contributed by atoms with Crippen molar-refractivity contribution in [2.45, 2.75) is 39.0 Å². The topological polar surface area (TPSA) is 117 Å². The van der Waals surface area contributed by atoms with Gasteiger partial charge in [-0.25, -0.2) is 14.8 Å². The molecular formula is C33H30ClN5O4. The van der Waals surface area contributed by atoms with Crippen molar-refractivity contribution in [3.8, 4) is 11.8 Å². The summed E-state index contributed by atoms with van der Waals surface area (Å²) in [5, 5.41) is 19.4. The monoisotopic (exact) mass is 595 g/mol. The molecule has 0 saturated carbocycles. The van der Waals surface area contributed by atoms with E-state index in [0.29, 0.717) is 47.8 Å². The number of ether oxygens (including phenoxy) is 1. The molecule has 1 N–H and O–H groups in total. The first-order valence-corrected chi connectivity index (χ1v) is 14.6. The van der Waals surface area contributed by atoms with Crippen LogP contribution < -0.4 is 4.74 Å². The number of rotatable bonds is 10. The smallest absolute Gasteiger partial charge is 0.335 e. The van der Waals surface area contributed by atoms with Crippen molar-refractivity contribution in [3.05, 3.63) is 112 Å². The largest absolute Gasteiger partial charge is 0.488 e. The summed E-state index contributed by atoms with van der Waals surface area (Å²) in [5.41, 5.74) is 4.49. The molecule has 10 heteroatoms. The molecule has 1 saturated heterocycles. The third-order valence-electron chi connectivity index (χ3n) is 7.90. The Hall–Kier alpha value is -4.65. The fourth-order valence-corrected chi connectivity index (χ4v) is 5.85.